The highest BCUT2D eigenvalue weighted by Crippen LogP contribution is 2.52. The number of benzene rings is 3. The number of phenols is 2. The number of ketones is 2. The number of ether oxygens (including phenoxy) is 3. The lowest BCUT2D eigenvalue weighted by Gasteiger charge is -2.26. The minimum Gasteiger partial charge on any atom is -0.507 e. The van der Waals surface area contributed by atoms with Gasteiger partial charge in [-0.2, -0.15) is 0 Å². The van der Waals surface area contributed by atoms with Gasteiger partial charge in [0.1, 0.15) is 22.8 Å². The van der Waals surface area contributed by atoms with Crippen molar-refractivity contribution in [2.75, 3.05) is 14.2 Å². The van der Waals surface area contributed by atoms with Crippen LogP contribution in [-0.4, -0.2) is 42.0 Å². The molecular formula is C24H17ClO8. The van der Waals surface area contributed by atoms with Crippen molar-refractivity contribution in [1.82, 2.24) is 0 Å². The lowest BCUT2D eigenvalue weighted by Crippen LogP contribution is -2.26. The topological polar surface area (TPSA) is 119 Å². The first-order chi connectivity index (χ1) is 15.6. The number of methoxy groups -OCH3 is 2. The number of fused-ring (bicyclic) bond motifs is 5. The van der Waals surface area contributed by atoms with Gasteiger partial charge in [0.25, 0.3) is 0 Å². The van der Waals surface area contributed by atoms with Crippen molar-refractivity contribution < 1.29 is 38.8 Å². The van der Waals surface area contributed by atoms with Crippen LogP contribution in [0.15, 0.2) is 18.2 Å². The van der Waals surface area contributed by atoms with Crippen molar-refractivity contribution in [3.63, 3.8) is 0 Å². The summed E-state index contributed by atoms with van der Waals surface area (Å²) in [6.45, 7) is 3.13. The van der Waals surface area contributed by atoms with Gasteiger partial charge in [-0.15, -0.1) is 0 Å². The van der Waals surface area contributed by atoms with Crippen molar-refractivity contribution in [3.05, 3.63) is 62.2 Å². The van der Waals surface area contributed by atoms with Crippen LogP contribution in [0.3, 0.4) is 0 Å². The number of carbonyl (C=O) groups is 3. The molecule has 1 heterocycles. The highest BCUT2D eigenvalue weighted by molar-refractivity contribution is 6.38. The van der Waals surface area contributed by atoms with Crippen LogP contribution in [0.2, 0.25) is 5.02 Å². The quantitative estimate of drug-likeness (QED) is 0.335. The fraction of sp³-hybridized carbons (Fsp3) is 0.208. The van der Waals surface area contributed by atoms with Gasteiger partial charge in [-0.3, -0.25) is 9.59 Å². The standard InChI is InChI=1S/C24H17ClO8/c1-8-7-9-5-6-10-12(11(9)22(31-3)17(8)25)19(27)14-13(18(10)26)21(29)16-15(20(14)28)23(30)33-24(16,2)32-4/h5-7,28-29H,1-4H3/t24-/m0/s1. The van der Waals surface area contributed by atoms with E-state index in [9.17, 15) is 24.6 Å². The molecule has 0 spiro atoms. The van der Waals surface area contributed by atoms with Crippen LogP contribution in [0.1, 0.15) is 60.3 Å². The lowest BCUT2D eigenvalue weighted by atomic mass is 9.78. The second kappa shape index (κ2) is 6.69. The predicted octanol–water partition coefficient (Wildman–Crippen LogP) is 3.99. The van der Waals surface area contributed by atoms with Crippen LogP contribution >= 0.6 is 11.6 Å². The summed E-state index contributed by atoms with van der Waals surface area (Å²) in [5.74, 6) is -5.45. The minimum absolute atomic E-state index is 0.00256. The molecule has 0 fully saturated rings. The molecule has 3 aromatic carbocycles. The number of halogens is 1. The normalized spacial score (nSPS) is 18.8. The Kier molecular flexibility index (Phi) is 4.31. The summed E-state index contributed by atoms with van der Waals surface area (Å²) < 4.78 is 15.9. The number of aromatic hydroxyl groups is 2. The van der Waals surface area contributed by atoms with Crippen LogP contribution in [0.25, 0.3) is 10.8 Å². The average molecular weight is 469 g/mol. The summed E-state index contributed by atoms with van der Waals surface area (Å²) >= 11 is 6.41. The van der Waals surface area contributed by atoms with Crippen LogP contribution < -0.4 is 4.74 Å². The largest absolute Gasteiger partial charge is 0.507 e. The van der Waals surface area contributed by atoms with E-state index in [1.807, 2.05) is 0 Å². The molecule has 0 unspecified atom stereocenters. The maximum Gasteiger partial charge on any atom is 0.345 e. The van der Waals surface area contributed by atoms with Crippen LogP contribution in [0.5, 0.6) is 17.2 Å². The molecule has 1 atom stereocenters. The maximum absolute atomic E-state index is 13.7. The number of carbonyl (C=O) groups excluding carboxylic acids is 3. The van der Waals surface area contributed by atoms with Gasteiger partial charge in [0.2, 0.25) is 5.79 Å². The first kappa shape index (κ1) is 21.2. The molecule has 2 N–H and O–H groups in total. The second-order valence-electron chi connectivity index (χ2n) is 8.02. The maximum atomic E-state index is 13.7. The molecule has 1 aliphatic carbocycles. The molecule has 0 aromatic heterocycles. The lowest BCUT2D eigenvalue weighted by molar-refractivity contribution is -0.173. The summed E-state index contributed by atoms with van der Waals surface area (Å²) in [7, 11) is 2.63. The highest BCUT2D eigenvalue weighted by Gasteiger charge is 2.51. The van der Waals surface area contributed by atoms with Crippen LogP contribution in [0.4, 0.5) is 0 Å². The monoisotopic (exact) mass is 468 g/mol. The third-order valence-electron chi connectivity index (χ3n) is 6.29. The van der Waals surface area contributed by atoms with Gasteiger partial charge in [0, 0.05) is 30.5 Å². The van der Waals surface area contributed by atoms with Gasteiger partial charge in [0.05, 0.1) is 28.8 Å². The minimum atomic E-state index is -1.75. The Morgan fingerprint density at radius 3 is 2.27 bits per heavy atom. The molecular weight excluding hydrogens is 452 g/mol. The molecule has 1 aliphatic heterocycles. The fourth-order valence-electron chi connectivity index (χ4n) is 4.67. The zero-order valence-electron chi connectivity index (χ0n) is 18.0. The first-order valence-corrected chi connectivity index (χ1v) is 10.2. The van der Waals surface area contributed by atoms with Gasteiger partial charge < -0.3 is 24.4 Å². The molecule has 9 heteroatoms. The fourth-order valence-corrected chi connectivity index (χ4v) is 4.90. The molecule has 2 aliphatic rings. The van der Waals surface area contributed by atoms with E-state index in [2.05, 4.69) is 0 Å². The number of hydrogen-bond donors (Lipinski definition) is 2. The predicted molar refractivity (Wildman–Crippen MR) is 117 cm³/mol. The molecule has 33 heavy (non-hydrogen) atoms. The molecule has 8 nitrogen and oxygen atoms in total. The molecule has 0 saturated heterocycles. The van der Waals surface area contributed by atoms with Crippen molar-refractivity contribution in [2.45, 2.75) is 19.6 Å². The van der Waals surface area contributed by atoms with Gasteiger partial charge in [-0.25, -0.2) is 4.79 Å². The van der Waals surface area contributed by atoms with Gasteiger partial charge in [-0.05, 0) is 30.0 Å². The molecule has 3 aromatic rings. The number of esters is 1. The van der Waals surface area contributed by atoms with E-state index in [-0.39, 0.29) is 27.5 Å². The van der Waals surface area contributed by atoms with E-state index in [0.29, 0.717) is 16.3 Å². The van der Waals surface area contributed by atoms with E-state index in [0.717, 1.165) is 0 Å². The first-order valence-electron chi connectivity index (χ1n) is 9.87. The number of rotatable bonds is 2. The van der Waals surface area contributed by atoms with Crippen molar-refractivity contribution in [1.29, 1.82) is 0 Å². The van der Waals surface area contributed by atoms with Gasteiger partial charge >= 0.3 is 5.97 Å². The summed E-state index contributed by atoms with van der Waals surface area (Å²) in [4.78, 5) is 39.8. The number of hydrogen-bond acceptors (Lipinski definition) is 8. The Balaban J connectivity index is 1.92. The third kappa shape index (κ3) is 2.47. The van der Waals surface area contributed by atoms with E-state index in [1.54, 1.807) is 19.1 Å². The summed E-state index contributed by atoms with van der Waals surface area (Å²) in [5.41, 5.74) is -0.907. The molecule has 0 radical (unpaired) electrons. The Bertz CT molecular complexity index is 1470. The molecule has 0 saturated carbocycles. The van der Waals surface area contributed by atoms with Gasteiger partial charge in [-0.1, -0.05) is 17.7 Å². The third-order valence-corrected chi connectivity index (χ3v) is 6.76. The van der Waals surface area contributed by atoms with E-state index < -0.39 is 51.5 Å². The van der Waals surface area contributed by atoms with Crippen molar-refractivity contribution in [2.24, 2.45) is 0 Å². The van der Waals surface area contributed by atoms with Crippen molar-refractivity contribution >= 4 is 39.9 Å². The van der Waals surface area contributed by atoms with E-state index >= 15 is 0 Å². The Morgan fingerprint density at radius 1 is 0.970 bits per heavy atom. The molecule has 5 rings (SSSR count). The molecule has 0 amide bonds. The summed E-state index contributed by atoms with van der Waals surface area (Å²) in [6.07, 6.45) is 0. The van der Waals surface area contributed by atoms with E-state index in [4.69, 9.17) is 25.8 Å². The smallest absolute Gasteiger partial charge is 0.345 e. The number of phenolic OH excluding ortho intramolecular Hbond substituents is 2. The van der Waals surface area contributed by atoms with Crippen LogP contribution in [-0.2, 0) is 15.3 Å². The SMILES string of the molecule is COc1c(Cl)c(C)cc2ccc3c(c12)C(=O)c1c(O)c2c(c(O)c1C3=O)[C@@](C)(OC)OC2=O. The van der Waals surface area contributed by atoms with Gasteiger partial charge in [0.15, 0.2) is 11.6 Å². The Hall–Kier alpha value is -3.62. The zero-order chi connectivity index (χ0) is 24.0. The second-order valence-corrected chi connectivity index (χ2v) is 8.40. The summed E-state index contributed by atoms with van der Waals surface area (Å²) in [5, 5.41) is 23.2. The summed E-state index contributed by atoms with van der Waals surface area (Å²) in [6, 6.07) is 4.86. The number of aryl methyl sites for hydroxylation is 1. The Morgan fingerprint density at radius 2 is 1.64 bits per heavy atom. The average Bonchev–Trinajstić information content (AvgIpc) is 3.06. The zero-order valence-corrected chi connectivity index (χ0v) is 18.7. The number of cyclic esters (lactones) is 1. The molecule has 168 valence electrons. The van der Waals surface area contributed by atoms with E-state index in [1.165, 1.54) is 27.2 Å². The molecule has 0 bridgehead atoms. The van der Waals surface area contributed by atoms with Crippen molar-refractivity contribution in [3.8, 4) is 17.2 Å². The van der Waals surface area contributed by atoms with Crippen LogP contribution in [0, 0.1) is 6.92 Å². The highest BCUT2D eigenvalue weighted by atomic mass is 35.5. The Labute approximate surface area is 192 Å².